The molecule has 42 heavy (non-hydrogen) atoms. The minimum Gasteiger partial charge on any atom is -0.385 e. The van der Waals surface area contributed by atoms with E-state index in [4.69, 9.17) is 15.2 Å². The first-order valence-electron chi connectivity index (χ1n) is 13.3. The largest absolute Gasteiger partial charge is 0.385 e. The Balaban J connectivity index is 1.57. The number of rotatable bonds is 8. The number of aryl methyl sites for hydroxylation is 1. The second-order valence-corrected chi connectivity index (χ2v) is 13.5. The molecule has 0 aliphatic rings. The molecule has 0 aliphatic carbocycles. The highest BCUT2D eigenvalue weighted by Gasteiger charge is 2.26. The molecule has 12 nitrogen and oxygen atoms in total. The Hall–Kier alpha value is -4.65. The summed E-state index contributed by atoms with van der Waals surface area (Å²) in [5.74, 6) is 2.12. The van der Waals surface area contributed by atoms with Gasteiger partial charge in [-0.25, -0.2) is 18.4 Å². The van der Waals surface area contributed by atoms with Crippen LogP contribution < -0.4 is 21.3 Å². The van der Waals surface area contributed by atoms with E-state index in [2.05, 4.69) is 46.5 Å². The summed E-state index contributed by atoms with van der Waals surface area (Å²) in [5.41, 5.74) is 12.0. The van der Waals surface area contributed by atoms with E-state index in [1.54, 1.807) is 30.5 Å². The molecule has 2 aromatic carbocycles. The highest BCUT2D eigenvalue weighted by Crippen LogP contribution is 2.44. The average molecular weight is 590 g/mol. The standard InChI is InChI=1S/C29H35N9O3S/c1-29(2,3)22-15-20(36-41-22)19-14-21-24(35-27(30)37(21)5)25(31-4)26(19)38(6)23-12-13-32-28(34-23)33-18-10-8-17(9-11-18)16-42(7,39)40/h8-15,31H,16H2,1-7H3,(H2,30,35)(H,32,33,34). The van der Waals surface area contributed by atoms with E-state index in [1.165, 1.54) is 6.26 Å². The van der Waals surface area contributed by atoms with E-state index < -0.39 is 9.84 Å². The predicted octanol–water partition coefficient (Wildman–Crippen LogP) is 5.00. The van der Waals surface area contributed by atoms with Crippen LogP contribution in [0.1, 0.15) is 32.1 Å². The van der Waals surface area contributed by atoms with Crippen LogP contribution in [0.25, 0.3) is 22.3 Å². The number of fused-ring (bicyclic) bond motifs is 1. The summed E-state index contributed by atoms with van der Waals surface area (Å²) in [6, 6.07) is 12.9. The van der Waals surface area contributed by atoms with E-state index in [0.29, 0.717) is 34.5 Å². The number of nitrogens with zero attached hydrogens (tertiary/aromatic N) is 6. The molecule has 0 radical (unpaired) electrons. The number of nitrogen functional groups attached to an aromatic ring is 1. The maximum atomic E-state index is 11.6. The molecule has 13 heteroatoms. The number of nitrogens with one attached hydrogen (secondary N) is 2. The van der Waals surface area contributed by atoms with Gasteiger partial charge in [0.25, 0.3) is 0 Å². The molecular weight excluding hydrogens is 554 g/mol. The third-order valence-corrected chi connectivity index (χ3v) is 7.78. The molecule has 5 aromatic rings. The predicted molar refractivity (Wildman–Crippen MR) is 167 cm³/mol. The third-order valence-electron chi connectivity index (χ3n) is 6.92. The minimum atomic E-state index is -3.12. The number of sulfone groups is 1. The zero-order valence-corrected chi connectivity index (χ0v) is 25.5. The molecule has 3 heterocycles. The fraction of sp³-hybridized carbons (Fsp3) is 0.310. The number of imidazole rings is 1. The highest BCUT2D eigenvalue weighted by molar-refractivity contribution is 7.89. The Labute approximate surface area is 244 Å². The van der Waals surface area contributed by atoms with Gasteiger partial charge in [-0.05, 0) is 29.8 Å². The van der Waals surface area contributed by atoms with Crippen LogP contribution in [-0.4, -0.2) is 53.4 Å². The second kappa shape index (κ2) is 10.6. The van der Waals surface area contributed by atoms with Gasteiger partial charge in [0, 0.05) is 56.3 Å². The van der Waals surface area contributed by atoms with Gasteiger partial charge < -0.3 is 30.4 Å². The zero-order chi connectivity index (χ0) is 30.4. The number of anilines is 6. The Morgan fingerprint density at radius 2 is 1.81 bits per heavy atom. The Bertz CT molecular complexity index is 1870. The van der Waals surface area contributed by atoms with Gasteiger partial charge in [0.2, 0.25) is 11.9 Å². The lowest BCUT2D eigenvalue weighted by Gasteiger charge is -2.25. The van der Waals surface area contributed by atoms with Gasteiger partial charge in [-0.3, -0.25) is 0 Å². The Morgan fingerprint density at radius 3 is 2.43 bits per heavy atom. The smallest absolute Gasteiger partial charge is 0.229 e. The van der Waals surface area contributed by atoms with Crippen molar-refractivity contribution in [2.45, 2.75) is 31.9 Å². The van der Waals surface area contributed by atoms with Crippen molar-refractivity contribution in [3.05, 3.63) is 60.0 Å². The monoisotopic (exact) mass is 589 g/mol. The number of hydrogen-bond donors (Lipinski definition) is 3. The maximum Gasteiger partial charge on any atom is 0.229 e. The number of aromatic nitrogens is 5. The summed E-state index contributed by atoms with van der Waals surface area (Å²) in [7, 11) is 2.50. The van der Waals surface area contributed by atoms with Crippen molar-refractivity contribution >= 4 is 55.6 Å². The van der Waals surface area contributed by atoms with Crippen LogP contribution in [0.2, 0.25) is 0 Å². The summed E-state index contributed by atoms with van der Waals surface area (Å²) >= 11 is 0. The van der Waals surface area contributed by atoms with E-state index in [9.17, 15) is 8.42 Å². The Morgan fingerprint density at radius 1 is 1.10 bits per heavy atom. The molecule has 0 atom stereocenters. The van der Waals surface area contributed by atoms with Gasteiger partial charge in [-0.1, -0.05) is 38.1 Å². The van der Waals surface area contributed by atoms with Gasteiger partial charge in [-0.15, -0.1) is 0 Å². The first-order chi connectivity index (χ1) is 19.7. The molecule has 0 saturated carbocycles. The van der Waals surface area contributed by atoms with Crippen molar-refractivity contribution in [3.8, 4) is 11.3 Å². The van der Waals surface area contributed by atoms with Crippen molar-refractivity contribution < 1.29 is 12.9 Å². The summed E-state index contributed by atoms with van der Waals surface area (Å²) in [6.07, 6.45) is 2.88. The van der Waals surface area contributed by atoms with E-state index in [1.807, 2.05) is 48.8 Å². The van der Waals surface area contributed by atoms with E-state index in [-0.39, 0.29) is 11.2 Å². The van der Waals surface area contributed by atoms with Gasteiger partial charge in [0.05, 0.1) is 22.6 Å². The molecule has 3 aromatic heterocycles. The van der Waals surface area contributed by atoms with Crippen molar-refractivity contribution in [1.82, 2.24) is 24.7 Å². The summed E-state index contributed by atoms with van der Waals surface area (Å²) < 4.78 is 30.8. The maximum absolute atomic E-state index is 11.6. The molecule has 0 aliphatic heterocycles. The van der Waals surface area contributed by atoms with Crippen LogP contribution in [0.15, 0.2) is 53.2 Å². The molecular formula is C29H35N9O3S. The van der Waals surface area contributed by atoms with Crippen LogP contribution in [-0.2, 0) is 28.1 Å². The van der Waals surface area contributed by atoms with Gasteiger partial charge >= 0.3 is 0 Å². The van der Waals surface area contributed by atoms with Crippen LogP contribution >= 0.6 is 0 Å². The number of hydrogen-bond acceptors (Lipinski definition) is 11. The van der Waals surface area contributed by atoms with E-state index >= 15 is 0 Å². The quantitative estimate of drug-likeness (QED) is 0.224. The molecule has 4 N–H and O–H groups in total. The lowest BCUT2D eigenvalue weighted by atomic mass is 9.92. The molecule has 220 valence electrons. The minimum absolute atomic E-state index is 0.0186. The van der Waals surface area contributed by atoms with Crippen molar-refractivity contribution in [1.29, 1.82) is 0 Å². The van der Waals surface area contributed by atoms with Crippen molar-refractivity contribution in [3.63, 3.8) is 0 Å². The lowest BCUT2D eigenvalue weighted by molar-refractivity contribution is 0.330. The molecule has 0 amide bonds. The summed E-state index contributed by atoms with van der Waals surface area (Å²) in [5, 5.41) is 11.0. The molecule has 0 saturated heterocycles. The second-order valence-electron chi connectivity index (χ2n) is 11.3. The van der Waals surface area contributed by atoms with E-state index in [0.717, 1.165) is 33.9 Å². The van der Waals surface area contributed by atoms with Crippen LogP contribution in [0.3, 0.4) is 0 Å². The first kappa shape index (κ1) is 28.9. The molecule has 5 rings (SSSR count). The molecule has 0 unspecified atom stereocenters. The van der Waals surface area contributed by atoms with Gasteiger partial charge in [0.15, 0.2) is 9.84 Å². The number of benzene rings is 2. The number of nitrogens with two attached hydrogens (primary N) is 1. The lowest BCUT2D eigenvalue weighted by Crippen LogP contribution is -2.16. The fourth-order valence-corrected chi connectivity index (χ4v) is 5.49. The Kier molecular flexibility index (Phi) is 7.31. The SMILES string of the molecule is CNc1c(N(C)c2ccnc(Nc3ccc(CS(C)(=O)=O)cc3)n2)c(-c2cc(C(C)(C)C)on2)cc2c1nc(N)n2C. The normalized spacial score (nSPS) is 12.1. The summed E-state index contributed by atoms with van der Waals surface area (Å²) in [4.78, 5) is 15.7. The van der Waals surface area contributed by atoms with Crippen molar-refractivity contribution in [2.75, 3.05) is 41.6 Å². The fourth-order valence-electron chi connectivity index (χ4n) is 4.69. The van der Waals surface area contributed by atoms with Gasteiger partial charge in [0.1, 0.15) is 22.8 Å². The molecule has 0 bridgehead atoms. The zero-order valence-electron chi connectivity index (χ0n) is 24.7. The van der Waals surface area contributed by atoms with Crippen LogP contribution in [0.4, 0.5) is 34.8 Å². The topological polar surface area (TPSA) is 157 Å². The molecule has 0 spiro atoms. The molecule has 0 fully saturated rings. The third kappa shape index (κ3) is 5.73. The van der Waals surface area contributed by atoms with Gasteiger partial charge in [-0.2, -0.15) is 4.98 Å². The average Bonchev–Trinajstić information content (AvgIpc) is 3.53. The van der Waals surface area contributed by atoms with Crippen molar-refractivity contribution in [2.24, 2.45) is 7.05 Å². The van der Waals surface area contributed by atoms with Crippen LogP contribution in [0, 0.1) is 0 Å². The first-order valence-corrected chi connectivity index (χ1v) is 15.4. The van der Waals surface area contributed by atoms with Crippen LogP contribution in [0.5, 0.6) is 0 Å². The highest BCUT2D eigenvalue weighted by atomic mass is 32.2. The summed E-state index contributed by atoms with van der Waals surface area (Å²) in [6.45, 7) is 6.22.